The van der Waals surface area contributed by atoms with Crippen molar-refractivity contribution < 1.29 is 22.7 Å². The van der Waals surface area contributed by atoms with Crippen LogP contribution >= 0.6 is 11.3 Å². The number of thiophene rings is 1. The maximum Gasteiger partial charge on any atom is 0.338 e. The molecule has 8 nitrogen and oxygen atoms in total. The monoisotopic (exact) mass is 475 g/mol. The zero-order chi connectivity index (χ0) is 23.2. The SMILES string of the molecule is CC(OC(=O)c1cccc(S(=O)(=O)NCc2cccs2)c1)C(=O)NC1(C#N)CCCCC1. The van der Waals surface area contributed by atoms with E-state index in [-0.39, 0.29) is 17.0 Å². The van der Waals surface area contributed by atoms with Crippen LogP contribution in [-0.2, 0) is 26.1 Å². The van der Waals surface area contributed by atoms with Crippen molar-refractivity contribution in [2.24, 2.45) is 0 Å². The number of rotatable bonds is 8. The number of benzene rings is 1. The highest BCUT2D eigenvalue weighted by atomic mass is 32.2. The van der Waals surface area contributed by atoms with Crippen molar-refractivity contribution in [2.75, 3.05) is 0 Å². The summed E-state index contributed by atoms with van der Waals surface area (Å²) < 4.78 is 32.9. The molecule has 1 heterocycles. The van der Waals surface area contributed by atoms with Crippen LogP contribution in [0.15, 0.2) is 46.7 Å². The number of amides is 1. The van der Waals surface area contributed by atoms with Gasteiger partial charge in [0.05, 0.1) is 16.5 Å². The third-order valence-corrected chi connectivity index (χ3v) is 7.61. The number of hydrogen-bond donors (Lipinski definition) is 2. The highest BCUT2D eigenvalue weighted by Crippen LogP contribution is 2.27. The first-order valence-electron chi connectivity index (χ1n) is 10.3. The summed E-state index contributed by atoms with van der Waals surface area (Å²) in [4.78, 5) is 25.8. The lowest BCUT2D eigenvalue weighted by Crippen LogP contribution is -2.52. The summed E-state index contributed by atoms with van der Waals surface area (Å²) in [5, 5.41) is 14.1. The van der Waals surface area contributed by atoms with Gasteiger partial charge in [0.1, 0.15) is 5.54 Å². The molecule has 1 aromatic heterocycles. The normalized spacial score (nSPS) is 16.5. The molecule has 3 rings (SSSR count). The Morgan fingerprint density at radius 1 is 1.22 bits per heavy atom. The molecule has 0 bridgehead atoms. The number of carbonyl (C=O) groups is 2. The van der Waals surface area contributed by atoms with Gasteiger partial charge in [-0.3, -0.25) is 4.79 Å². The summed E-state index contributed by atoms with van der Waals surface area (Å²) in [5.41, 5.74) is -0.922. The average molecular weight is 476 g/mol. The van der Waals surface area contributed by atoms with Gasteiger partial charge < -0.3 is 10.1 Å². The number of nitriles is 1. The van der Waals surface area contributed by atoms with E-state index in [1.54, 1.807) is 0 Å². The first-order chi connectivity index (χ1) is 15.2. The second-order valence-corrected chi connectivity index (χ2v) is 10.5. The van der Waals surface area contributed by atoms with Crippen molar-refractivity contribution in [1.29, 1.82) is 5.26 Å². The Bertz CT molecular complexity index is 1100. The fourth-order valence-corrected chi connectivity index (χ4v) is 5.28. The molecule has 2 aromatic rings. The van der Waals surface area contributed by atoms with Crippen molar-refractivity contribution in [3.63, 3.8) is 0 Å². The second kappa shape index (κ2) is 10.3. The third kappa shape index (κ3) is 5.94. The fraction of sp³-hybridized carbons (Fsp3) is 0.409. The van der Waals surface area contributed by atoms with Gasteiger partial charge in [0.15, 0.2) is 6.10 Å². The lowest BCUT2D eigenvalue weighted by molar-refractivity contribution is -0.130. The van der Waals surface area contributed by atoms with E-state index in [9.17, 15) is 23.3 Å². The lowest BCUT2D eigenvalue weighted by atomic mass is 9.83. The highest BCUT2D eigenvalue weighted by Gasteiger charge is 2.35. The molecular weight excluding hydrogens is 450 g/mol. The Balaban J connectivity index is 1.63. The first kappa shape index (κ1) is 23.9. The van der Waals surface area contributed by atoms with Gasteiger partial charge in [0, 0.05) is 11.4 Å². The molecule has 1 saturated carbocycles. The summed E-state index contributed by atoms with van der Waals surface area (Å²) in [5.74, 6) is -1.37. The van der Waals surface area contributed by atoms with Crippen molar-refractivity contribution in [3.8, 4) is 6.07 Å². The molecule has 1 fully saturated rings. The molecular formula is C22H25N3O5S2. The van der Waals surface area contributed by atoms with Gasteiger partial charge in [-0.15, -0.1) is 11.3 Å². The zero-order valence-electron chi connectivity index (χ0n) is 17.7. The van der Waals surface area contributed by atoms with Crippen LogP contribution in [0, 0.1) is 11.3 Å². The summed E-state index contributed by atoms with van der Waals surface area (Å²) in [7, 11) is -3.83. The van der Waals surface area contributed by atoms with E-state index in [0.717, 1.165) is 24.1 Å². The van der Waals surface area contributed by atoms with Crippen LogP contribution in [0.5, 0.6) is 0 Å². The average Bonchev–Trinajstić information content (AvgIpc) is 3.32. The molecule has 1 aromatic carbocycles. The number of nitrogens with one attached hydrogen (secondary N) is 2. The van der Waals surface area contributed by atoms with Crippen LogP contribution in [0.3, 0.4) is 0 Å². The summed E-state index contributed by atoms with van der Waals surface area (Å²) in [6.45, 7) is 1.57. The van der Waals surface area contributed by atoms with Crippen LogP contribution in [0.2, 0.25) is 0 Å². The Morgan fingerprint density at radius 2 is 1.97 bits per heavy atom. The van der Waals surface area contributed by atoms with E-state index in [1.165, 1.54) is 42.5 Å². The minimum atomic E-state index is -3.83. The predicted octanol–water partition coefficient (Wildman–Crippen LogP) is 3.11. The van der Waals surface area contributed by atoms with Crippen LogP contribution in [0.4, 0.5) is 0 Å². The highest BCUT2D eigenvalue weighted by molar-refractivity contribution is 7.89. The van der Waals surface area contributed by atoms with Gasteiger partial charge >= 0.3 is 5.97 Å². The maximum absolute atomic E-state index is 12.6. The number of nitrogens with zero attached hydrogens (tertiary/aromatic N) is 1. The molecule has 1 aliphatic rings. The number of ether oxygens (including phenoxy) is 1. The number of sulfonamides is 1. The van der Waals surface area contributed by atoms with Gasteiger partial charge in [-0.1, -0.05) is 31.4 Å². The summed E-state index contributed by atoms with van der Waals surface area (Å²) >= 11 is 1.43. The van der Waals surface area contributed by atoms with Gasteiger partial charge in [0.25, 0.3) is 5.91 Å². The first-order valence-corrected chi connectivity index (χ1v) is 12.7. The Labute approximate surface area is 191 Å². The summed E-state index contributed by atoms with van der Waals surface area (Å²) in [6.07, 6.45) is 2.72. The van der Waals surface area contributed by atoms with Crippen LogP contribution < -0.4 is 10.0 Å². The minimum absolute atomic E-state index is 0.0105. The Morgan fingerprint density at radius 3 is 2.62 bits per heavy atom. The molecule has 0 spiro atoms. The largest absolute Gasteiger partial charge is 0.449 e. The number of carbonyl (C=O) groups excluding carboxylic acids is 2. The molecule has 0 radical (unpaired) electrons. The van der Waals surface area contributed by atoms with Crippen molar-refractivity contribution in [2.45, 2.75) is 62.1 Å². The Kier molecular flexibility index (Phi) is 7.66. The molecule has 10 heteroatoms. The van der Waals surface area contributed by atoms with E-state index in [0.29, 0.717) is 12.8 Å². The summed E-state index contributed by atoms with van der Waals surface area (Å²) in [6, 6.07) is 11.3. The van der Waals surface area contributed by atoms with Gasteiger partial charge in [-0.25, -0.2) is 17.9 Å². The van der Waals surface area contributed by atoms with E-state index >= 15 is 0 Å². The van der Waals surface area contributed by atoms with E-state index in [2.05, 4.69) is 16.1 Å². The number of hydrogen-bond acceptors (Lipinski definition) is 7. The van der Waals surface area contributed by atoms with Gasteiger partial charge in [0.2, 0.25) is 10.0 Å². The molecule has 1 aliphatic carbocycles. The maximum atomic E-state index is 12.6. The predicted molar refractivity (Wildman–Crippen MR) is 119 cm³/mol. The van der Waals surface area contributed by atoms with Crippen LogP contribution in [0.25, 0.3) is 0 Å². The molecule has 0 saturated heterocycles. The van der Waals surface area contributed by atoms with E-state index in [1.807, 2.05) is 17.5 Å². The topological polar surface area (TPSA) is 125 Å². The molecule has 1 amide bonds. The van der Waals surface area contributed by atoms with Crippen LogP contribution in [0.1, 0.15) is 54.3 Å². The van der Waals surface area contributed by atoms with E-state index in [4.69, 9.17) is 4.74 Å². The zero-order valence-corrected chi connectivity index (χ0v) is 19.3. The Hall–Kier alpha value is -2.74. The lowest BCUT2D eigenvalue weighted by Gasteiger charge is -2.32. The molecule has 170 valence electrons. The van der Waals surface area contributed by atoms with Crippen molar-refractivity contribution >= 4 is 33.2 Å². The van der Waals surface area contributed by atoms with Gasteiger partial charge in [-0.2, -0.15) is 5.26 Å². The fourth-order valence-electron chi connectivity index (χ4n) is 3.49. The van der Waals surface area contributed by atoms with Crippen LogP contribution in [-0.4, -0.2) is 31.9 Å². The second-order valence-electron chi connectivity index (χ2n) is 7.72. The molecule has 1 unspecified atom stereocenters. The standard InChI is InChI=1S/C22H25N3O5S2/c1-16(20(26)25-22(15-23)10-3-2-4-11-22)30-21(27)17-7-5-9-19(13-17)32(28,29)24-14-18-8-6-12-31-18/h5-9,12-13,16,24H,2-4,10-11,14H2,1H3,(H,25,26). The van der Waals surface area contributed by atoms with Crippen molar-refractivity contribution in [1.82, 2.24) is 10.0 Å². The molecule has 32 heavy (non-hydrogen) atoms. The smallest absolute Gasteiger partial charge is 0.338 e. The number of esters is 1. The minimum Gasteiger partial charge on any atom is -0.449 e. The molecule has 1 atom stereocenters. The molecule has 2 N–H and O–H groups in total. The van der Waals surface area contributed by atoms with E-state index < -0.39 is 33.5 Å². The quantitative estimate of drug-likeness (QED) is 0.565. The van der Waals surface area contributed by atoms with Gasteiger partial charge in [-0.05, 0) is 49.4 Å². The third-order valence-electron chi connectivity index (χ3n) is 5.33. The molecule has 0 aliphatic heterocycles. The van der Waals surface area contributed by atoms with Crippen molar-refractivity contribution in [3.05, 3.63) is 52.2 Å².